The zero-order valence-electron chi connectivity index (χ0n) is 17.6. The highest BCUT2D eigenvalue weighted by Gasteiger charge is 2.22. The zero-order valence-corrected chi connectivity index (χ0v) is 18.4. The lowest BCUT2D eigenvalue weighted by Crippen LogP contribution is -2.51. The van der Waals surface area contributed by atoms with E-state index in [9.17, 15) is 12.8 Å². The number of nitrogens with zero attached hydrogens (tertiary/aromatic N) is 2. The van der Waals surface area contributed by atoms with E-state index in [0.29, 0.717) is 13.2 Å². The summed E-state index contributed by atoms with van der Waals surface area (Å²) < 4.78 is 40.9. The quantitative estimate of drug-likeness (QED) is 0.354. The molecule has 2 N–H and O–H groups in total. The molecule has 1 atom stereocenters. The summed E-state index contributed by atoms with van der Waals surface area (Å²) in [6.45, 7) is 7.47. The van der Waals surface area contributed by atoms with Crippen LogP contribution in [-0.4, -0.2) is 71.8 Å². The van der Waals surface area contributed by atoms with Crippen molar-refractivity contribution in [3.63, 3.8) is 0 Å². The van der Waals surface area contributed by atoms with Crippen molar-refractivity contribution in [3.8, 4) is 0 Å². The summed E-state index contributed by atoms with van der Waals surface area (Å²) in [5.74, 6) is 0.538. The van der Waals surface area contributed by atoms with Crippen molar-refractivity contribution in [3.05, 3.63) is 29.6 Å². The first-order chi connectivity index (χ1) is 13.8. The molecule has 1 aromatic rings. The van der Waals surface area contributed by atoms with E-state index in [-0.39, 0.29) is 24.2 Å². The fourth-order valence-electron chi connectivity index (χ4n) is 3.34. The summed E-state index contributed by atoms with van der Waals surface area (Å²) >= 11 is 0. The third-order valence-electron chi connectivity index (χ3n) is 4.71. The highest BCUT2D eigenvalue weighted by atomic mass is 32.2. The van der Waals surface area contributed by atoms with Gasteiger partial charge in [-0.2, -0.15) is 0 Å². The summed E-state index contributed by atoms with van der Waals surface area (Å²) in [6.07, 6.45) is 3.27. The minimum Gasteiger partial charge on any atom is -0.378 e. The highest BCUT2D eigenvalue weighted by molar-refractivity contribution is 7.90. The van der Waals surface area contributed by atoms with Crippen molar-refractivity contribution in [2.45, 2.75) is 32.7 Å². The van der Waals surface area contributed by atoms with Gasteiger partial charge in [0.25, 0.3) is 0 Å². The Morgan fingerprint density at radius 1 is 1.38 bits per heavy atom. The molecule has 9 heteroatoms. The number of piperidine rings is 1. The molecule has 0 aliphatic carbocycles. The molecule has 1 aromatic carbocycles. The lowest BCUT2D eigenvalue weighted by Gasteiger charge is -2.36. The number of rotatable bonds is 9. The summed E-state index contributed by atoms with van der Waals surface area (Å²) in [5, 5.41) is 6.71. The van der Waals surface area contributed by atoms with Crippen molar-refractivity contribution < 1.29 is 17.5 Å². The maximum Gasteiger partial charge on any atom is 0.191 e. The summed E-state index contributed by atoms with van der Waals surface area (Å²) in [4.78, 5) is 6.81. The van der Waals surface area contributed by atoms with Gasteiger partial charge in [-0.3, -0.25) is 4.99 Å². The van der Waals surface area contributed by atoms with E-state index >= 15 is 0 Å². The number of halogens is 1. The molecule has 1 unspecified atom stereocenters. The predicted molar refractivity (Wildman–Crippen MR) is 116 cm³/mol. The predicted octanol–water partition coefficient (Wildman–Crippen LogP) is 1.72. The summed E-state index contributed by atoms with van der Waals surface area (Å²) in [5.41, 5.74) is 2.01. The lowest BCUT2D eigenvalue weighted by atomic mass is 10.0. The third kappa shape index (κ3) is 8.57. The summed E-state index contributed by atoms with van der Waals surface area (Å²) in [7, 11) is -3.00. The number of guanidine groups is 1. The maximum atomic E-state index is 13.4. The topological polar surface area (TPSA) is 83.0 Å². The molecule has 0 saturated carbocycles. The van der Waals surface area contributed by atoms with Gasteiger partial charge in [0.1, 0.15) is 15.7 Å². The van der Waals surface area contributed by atoms with E-state index < -0.39 is 9.84 Å². The van der Waals surface area contributed by atoms with Gasteiger partial charge in [0.2, 0.25) is 0 Å². The molecule has 0 bridgehead atoms. The highest BCUT2D eigenvalue weighted by Crippen LogP contribution is 2.24. The second kappa shape index (κ2) is 11.3. The lowest BCUT2D eigenvalue weighted by molar-refractivity contribution is 0.157. The first-order valence-corrected chi connectivity index (χ1v) is 12.2. The largest absolute Gasteiger partial charge is 0.378 e. The van der Waals surface area contributed by atoms with E-state index in [1.54, 1.807) is 6.07 Å². The van der Waals surface area contributed by atoms with Crippen LogP contribution in [0.5, 0.6) is 0 Å². The van der Waals surface area contributed by atoms with Gasteiger partial charge in [-0.1, -0.05) is 0 Å². The molecule has 1 fully saturated rings. The molecule has 1 heterocycles. The van der Waals surface area contributed by atoms with Gasteiger partial charge < -0.3 is 20.3 Å². The molecule has 29 heavy (non-hydrogen) atoms. The SMILES string of the molecule is CCNC(=NCCOCCS(C)(=O)=O)NC1CCCN(c2ccc(F)cc2C)C1. The average molecular weight is 429 g/mol. The molecule has 0 aromatic heterocycles. The Balaban J connectivity index is 1.86. The number of hydrogen-bond donors (Lipinski definition) is 2. The number of anilines is 1. The Hall–Kier alpha value is -1.87. The van der Waals surface area contributed by atoms with Gasteiger partial charge in [0.05, 0.1) is 25.5 Å². The minimum absolute atomic E-state index is 0.0236. The van der Waals surface area contributed by atoms with Crippen LogP contribution in [0.15, 0.2) is 23.2 Å². The van der Waals surface area contributed by atoms with Crippen LogP contribution in [0.25, 0.3) is 0 Å². The van der Waals surface area contributed by atoms with Gasteiger partial charge in [-0.15, -0.1) is 0 Å². The third-order valence-corrected chi connectivity index (χ3v) is 5.62. The van der Waals surface area contributed by atoms with Crippen LogP contribution >= 0.6 is 0 Å². The number of aliphatic imine (C=N–C) groups is 1. The van der Waals surface area contributed by atoms with E-state index in [0.717, 1.165) is 49.7 Å². The van der Waals surface area contributed by atoms with E-state index in [1.165, 1.54) is 12.3 Å². The van der Waals surface area contributed by atoms with Crippen LogP contribution in [0.4, 0.5) is 10.1 Å². The molecule has 0 radical (unpaired) electrons. The monoisotopic (exact) mass is 428 g/mol. The Labute approximate surface area is 173 Å². The van der Waals surface area contributed by atoms with E-state index in [1.807, 2.05) is 19.9 Å². The average Bonchev–Trinajstić information content (AvgIpc) is 2.64. The Bertz CT molecular complexity index is 786. The van der Waals surface area contributed by atoms with Gasteiger partial charge >= 0.3 is 0 Å². The number of ether oxygens (including phenoxy) is 1. The maximum absolute atomic E-state index is 13.4. The second-order valence-corrected chi connectivity index (χ2v) is 9.62. The van der Waals surface area contributed by atoms with Gasteiger partial charge in [0, 0.05) is 37.6 Å². The van der Waals surface area contributed by atoms with Crippen molar-refractivity contribution in [1.82, 2.24) is 10.6 Å². The van der Waals surface area contributed by atoms with Gasteiger partial charge in [0.15, 0.2) is 5.96 Å². The standard InChI is InChI=1S/C20H33FN4O3S/c1-4-22-20(23-9-11-28-12-13-29(3,26)27)24-18-6-5-10-25(15-18)19-8-7-17(21)14-16(19)2/h7-8,14,18H,4-6,9-13,15H2,1-3H3,(H2,22,23,24). The number of aryl methyl sites for hydroxylation is 1. The van der Waals surface area contributed by atoms with Crippen LogP contribution in [0.2, 0.25) is 0 Å². The number of hydrogen-bond acceptors (Lipinski definition) is 5. The smallest absolute Gasteiger partial charge is 0.191 e. The first-order valence-electron chi connectivity index (χ1n) is 10.1. The fourth-order valence-corrected chi connectivity index (χ4v) is 3.76. The Morgan fingerprint density at radius 3 is 2.86 bits per heavy atom. The summed E-state index contributed by atoms with van der Waals surface area (Å²) in [6, 6.07) is 5.16. The number of sulfone groups is 1. The Morgan fingerprint density at radius 2 is 2.17 bits per heavy atom. The normalized spacial score (nSPS) is 18.0. The van der Waals surface area contributed by atoms with Crippen LogP contribution in [0.1, 0.15) is 25.3 Å². The second-order valence-electron chi connectivity index (χ2n) is 7.36. The minimum atomic E-state index is -3.00. The molecule has 0 spiro atoms. The number of nitrogens with one attached hydrogen (secondary N) is 2. The first kappa shape index (κ1) is 23.4. The van der Waals surface area contributed by atoms with Crippen LogP contribution in [-0.2, 0) is 14.6 Å². The molecule has 1 aliphatic rings. The van der Waals surface area contributed by atoms with Gasteiger partial charge in [-0.25, -0.2) is 12.8 Å². The van der Waals surface area contributed by atoms with Gasteiger partial charge in [-0.05, 0) is 50.5 Å². The molecule has 0 amide bonds. The van der Waals surface area contributed by atoms with Crippen LogP contribution < -0.4 is 15.5 Å². The van der Waals surface area contributed by atoms with Crippen molar-refractivity contribution in [2.24, 2.45) is 4.99 Å². The van der Waals surface area contributed by atoms with Crippen LogP contribution in [0, 0.1) is 12.7 Å². The molecular weight excluding hydrogens is 395 g/mol. The molecule has 1 saturated heterocycles. The Kier molecular flexibility index (Phi) is 9.16. The number of benzene rings is 1. The molecular formula is C20H33FN4O3S. The van der Waals surface area contributed by atoms with Crippen molar-refractivity contribution in [1.29, 1.82) is 0 Å². The van der Waals surface area contributed by atoms with E-state index in [2.05, 4.69) is 20.5 Å². The van der Waals surface area contributed by atoms with E-state index in [4.69, 9.17) is 4.74 Å². The molecule has 2 rings (SSSR count). The molecule has 1 aliphatic heterocycles. The van der Waals surface area contributed by atoms with Crippen LogP contribution in [0.3, 0.4) is 0 Å². The molecule has 7 nitrogen and oxygen atoms in total. The molecule has 164 valence electrons. The van der Waals surface area contributed by atoms with Crippen molar-refractivity contribution in [2.75, 3.05) is 56.3 Å². The van der Waals surface area contributed by atoms with Crippen molar-refractivity contribution >= 4 is 21.5 Å². The zero-order chi connectivity index (χ0) is 21.3. The fraction of sp³-hybridized carbons (Fsp3) is 0.650.